The van der Waals surface area contributed by atoms with Crippen molar-refractivity contribution in [3.8, 4) is 11.5 Å². The van der Waals surface area contributed by atoms with Crippen molar-refractivity contribution in [2.45, 2.75) is 0 Å². The summed E-state index contributed by atoms with van der Waals surface area (Å²) in [4.78, 5) is 24.6. The molecule has 2 aliphatic rings. The van der Waals surface area contributed by atoms with E-state index >= 15 is 0 Å². The number of amides is 3. The van der Waals surface area contributed by atoms with E-state index in [9.17, 15) is 9.59 Å². The van der Waals surface area contributed by atoms with E-state index in [1.165, 1.54) is 4.90 Å². The number of benzene rings is 1. The molecule has 0 aromatic heterocycles. The lowest BCUT2D eigenvalue weighted by molar-refractivity contribution is -0.125. The third kappa shape index (κ3) is 2.90. The van der Waals surface area contributed by atoms with Crippen LogP contribution < -0.4 is 20.1 Å². The fourth-order valence-corrected chi connectivity index (χ4v) is 2.64. The summed E-state index contributed by atoms with van der Waals surface area (Å²) in [6.45, 7) is 1.96. The molecule has 0 unspecified atom stereocenters. The number of urea groups is 1. The molecule has 112 valence electrons. The third-order valence-electron chi connectivity index (χ3n) is 3.22. The Morgan fingerprint density at radius 3 is 2.71 bits per heavy atom. The zero-order valence-corrected chi connectivity index (χ0v) is 12.7. The molecule has 0 aliphatic carbocycles. The van der Waals surface area contributed by atoms with Crippen molar-refractivity contribution < 1.29 is 19.1 Å². The van der Waals surface area contributed by atoms with E-state index in [2.05, 4.69) is 26.6 Å². The van der Waals surface area contributed by atoms with E-state index in [4.69, 9.17) is 9.47 Å². The minimum atomic E-state index is -0.344. The number of carbonyl (C=O) groups is 2. The molecule has 0 radical (unpaired) electrons. The van der Waals surface area contributed by atoms with Gasteiger partial charge in [0.05, 0.1) is 12.2 Å². The van der Waals surface area contributed by atoms with Gasteiger partial charge in [0, 0.05) is 29.7 Å². The van der Waals surface area contributed by atoms with E-state index < -0.39 is 0 Å². The monoisotopic (exact) mass is 355 g/mol. The fraction of sp³-hybridized carbons (Fsp3) is 0.385. The fourth-order valence-electron chi connectivity index (χ4n) is 2.18. The van der Waals surface area contributed by atoms with Crippen LogP contribution in [0.15, 0.2) is 16.6 Å². The topological polar surface area (TPSA) is 79.9 Å². The van der Waals surface area contributed by atoms with Crippen LogP contribution in [-0.4, -0.2) is 49.7 Å². The lowest BCUT2D eigenvalue weighted by Crippen LogP contribution is -2.38. The van der Waals surface area contributed by atoms with Gasteiger partial charge in [-0.15, -0.1) is 0 Å². The lowest BCUT2D eigenvalue weighted by atomic mass is 10.2. The van der Waals surface area contributed by atoms with Gasteiger partial charge in [-0.1, -0.05) is 0 Å². The molecule has 0 saturated carbocycles. The molecule has 2 aliphatic heterocycles. The zero-order chi connectivity index (χ0) is 14.8. The van der Waals surface area contributed by atoms with Gasteiger partial charge in [0.1, 0.15) is 13.2 Å². The molecule has 1 aromatic carbocycles. The predicted octanol–water partition coefficient (Wildman–Crippen LogP) is 1.18. The SMILES string of the molecule is O=C(CNc1cc2c(cc1Br)OCCO2)N1CCNC1=O. The van der Waals surface area contributed by atoms with Crippen LogP contribution in [0.1, 0.15) is 0 Å². The molecule has 0 spiro atoms. The van der Waals surface area contributed by atoms with Crippen LogP contribution in [0.3, 0.4) is 0 Å². The molecular formula is C13H14BrN3O4. The van der Waals surface area contributed by atoms with Gasteiger partial charge in [-0.3, -0.25) is 9.69 Å². The van der Waals surface area contributed by atoms with Crippen molar-refractivity contribution in [1.82, 2.24) is 10.2 Å². The third-order valence-corrected chi connectivity index (χ3v) is 3.88. The Morgan fingerprint density at radius 2 is 2.05 bits per heavy atom. The van der Waals surface area contributed by atoms with Crippen LogP contribution in [0.25, 0.3) is 0 Å². The average Bonchev–Trinajstić information content (AvgIpc) is 2.91. The van der Waals surface area contributed by atoms with Gasteiger partial charge in [-0.25, -0.2) is 4.79 Å². The molecule has 21 heavy (non-hydrogen) atoms. The number of halogens is 1. The zero-order valence-electron chi connectivity index (χ0n) is 11.1. The number of hydrogen-bond acceptors (Lipinski definition) is 5. The van der Waals surface area contributed by atoms with Crippen LogP contribution >= 0.6 is 15.9 Å². The molecule has 7 nitrogen and oxygen atoms in total. The second-order valence-corrected chi connectivity index (χ2v) is 5.46. The van der Waals surface area contributed by atoms with Gasteiger partial charge in [0.25, 0.3) is 0 Å². The Labute approximate surface area is 129 Å². The lowest BCUT2D eigenvalue weighted by Gasteiger charge is -2.20. The first-order valence-corrected chi connectivity index (χ1v) is 7.35. The van der Waals surface area contributed by atoms with Crippen molar-refractivity contribution >= 4 is 33.6 Å². The Hall–Kier alpha value is -1.96. The number of fused-ring (bicyclic) bond motifs is 1. The number of imide groups is 1. The molecule has 1 fully saturated rings. The molecule has 2 N–H and O–H groups in total. The van der Waals surface area contributed by atoms with E-state index in [1.807, 2.05) is 0 Å². The predicted molar refractivity (Wildman–Crippen MR) is 78.7 cm³/mol. The maximum atomic E-state index is 12.0. The van der Waals surface area contributed by atoms with Gasteiger partial charge >= 0.3 is 6.03 Å². The second-order valence-electron chi connectivity index (χ2n) is 4.61. The highest BCUT2D eigenvalue weighted by Gasteiger charge is 2.25. The minimum absolute atomic E-state index is 0.0334. The molecule has 3 rings (SSSR count). The Bertz CT molecular complexity index is 593. The average molecular weight is 356 g/mol. The van der Waals surface area contributed by atoms with Crippen LogP contribution in [0.4, 0.5) is 10.5 Å². The number of nitrogens with one attached hydrogen (secondary N) is 2. The van der Waals surface area contributed by atoms with Crippen molar-refractivity contribution in [2.75, 3.05) is 38.2 Å². The number of rotatable bonds is 3. The number of hydrogen-bond donors (Lipinski definition) is 2. The summed E-state index contributed by atoms with van der Waals surface area (Å²) in [7, 11) is 0. The Morgan fingerprint density at radius 1 is 1.33 bits per heavy atom. The molecule has 2 heterocycles. The number of ether oxygens (including phenoxy) is 2. The van der Waals surface area contributed by atoms with Crippen LogP contribution in [-0.2, 0) is 4.79 Å². The molecule has 1 aromatic rings. The summed E-state index contributed by atoms with van der Waals surface area (Å²) in [6, 6.07) is 3.22. The highest BCUT2D eigenvalue weighted by molar-refractivity contribution is 9.10. The molecule has 8 heteroatoms. The Kier molecular flexibility index (Phi) is 3.87. The first-order chi connectivity index (χ1) is 10.1. The van der Waals surface area contributed by atoms with E-state index in [1.54, 1.807) is 12.1 Å². The van der Waals surface area contributed by atoms with Crippen LogP contribution in [0.2, 0.25) is 0 Å². The molecule has 3 amide bonds. The van der Waals surface area contributed by atoms with Crippen LogP contribution in [0, 0.1) is 0 Å². The summed E-state index contributed by atoms with van der Waals surface area (Å²) in [5.41, 5.74) is 0.715. The van der Waals surface area contributed by atoms with Crippen molar-refractivity contribution in [1.29, 1.82) is 0 Å². The molecular weight excluding hydrogens is 342 g/mol. The molecule has 0 bridgehead atoms. The largest absolute Gasteiger partial charge is 0.486 e. The minimum Gasteiger partial charge on any atom is -0.486 e. The molecule has 1 saturated heterocycles. The number of carbonyl (C=O) groups excluding carboxylic acids is 2. The normalized spacial score (nSPS) is 16.6. The van der Waals surface area contributed by atoms with E-state index in [-0.39, 0.29) is 18.5 Å². The van der Waals surface area contributed by atoms with Crippen molar-refractivity contribution in [2.24, 2.45) is 0 Å². The summed E-state index contributed by atoms with van der Waals surface area (Å²) < 4.78 is 11.7. The molecule has 0 atom stereocenters. The second kappa shape index (κ2) is 5.80. The van der Waals surface area contributed by atoms with E-state index in [0.717, 1.165) is 4.47 Å². The van der Waals surface area contributed by atoms with Crippen molar-refractivity contribution in [3.05, 3.63) is 16.6 Å². The quantitative estimate of drug-likeness (QED) is 0.851. The Balaban J connectivity index is 1.67. The smallest absolute Gasteiger partial charge is 0.324 e. The summed E-state index contributed by atoms with van der Waals surface area (Å²) in [6.07, 6.45) is 0. The summed E-state index contributed by atoms with van der Waals surface area (Å²) >= 11 is 3.42. The van der Waals surface area contributed by atoms with Gasteiger partial charge < -0.3 is 20.1 Å². The summed E-state index contributed by atoms with van der Waals surface area (Å²) in [5.74, 6) is 1.04. The van der Waals surface area contributed by atoms with Gasteiger partial charge in [0.15, 0.2) is 11.5 Å². The standard InChI is InChI=1S/C13H14BrN3O4/c14-8-5-10-11(21-4-3-20-10)6-9(8)16-7-12(18)17-2-1-15-13(17)19/h5-6,16H,1-4,7H2,(H,15,19). The van der Waals surface area contributed by atoms with Gasteiger partial charge in [-0.2, -0.15) is 0 Å². The van der Waals surface area contributed by atoms with Gasteiger partial charge in [0.2, 0.25) is 5.91 Å². The van der Waals surface area contributed by atoms with Crippen LogP contribution in [0.5, 0.6) is 11.5 Å². The first-order valence-electron chi connectivity index (χ1n) is 6.56. The van der Waals surface area contributed by atoms with E-state index in [0.29, 0.717) is 43.5 Å². The van der Waals surface area contributed by atoms with Gasteiger partial charge in [-0.05, 0) is 15.9 Å². The number of anilines is 1. The maximum absolute atomic E-state index is 12.0. The highest BCUT2D eigenvalue weighted by atomic mass is 79.9. The number of nitrogens with zero attached hydrogens (tertiary/aromatic N) is 1. The first kappa shape index (κ1) is 14.0. The van der Waals surface area contributed by atoms with Crippen molar-refractivity contribution in [3.63, 3.8) is 0 Å². The highest BCUT2D eigenvalue weighted by Crippen LogP contribution is 2.38. The summed E-state index contributed by atoms with van der Waals surface area (Å²) in [5, 5.41) is 5.60. The maximum Gasteiger partial charge on any atom is 0.324 e.